The maximum atomic E-state index is 12.9. The maximum Gasteiger partial charge on any atom is 0.435 e. The fourth-order valence-corrected chi connectivity index (χ4v) is 2.70. The third kappa shape index (κ3) is 3.84. The number of nitrogens with zero attached hydrogens (tertiary/aromatic N) is 3. The summed E-state index contributed by atoms with van der Waals surface area (Å²) in [7, 11) is 2.50. The van der Waals surface area contributed by atoms with E-state index in [1.807, 2.05) is 0 Å². The Labute approximate surface area is 143 Å². The zero-order valence-electron chi connectivity index (χ0n) is 13.1. The lowest BCUT2D eigenvalue weighted by atomic mass is 10.3. The van der Waals surface area contributed by atoms with Crippen LogP contribution < -0.4 is 14.8 Å². The standard InChI is InChI=1S/C13H11F3N4O4S/c1-5(21)7-8(13(14,15)16)19-12(25-7)20-9(22)6-10(23-2)17-4-18-11(6)24-3/h4H,1-3H3,(H,19,20,22). The number of amides is 1. The molecule has 2 heterocycles. The maximum absolute atomic E-state index is 12.9. The Morgan fingerprint density at radius 2 is 1.72 bits per heavy atom. The first-order chi connectivity index (χ1) is 11.7. The Morgan fingerprint density at radius 1 is 1.16 bits per heavy atom. The molecule has 0 spiro atoms. The van der Waals surface area contributed by atoms with Gasteiger partial charge >= 0.3 is 6.18 Å². The Bertz CT molecular complexity index is 800. The van der Waals surface area contributed by atoms with Gasteiger partial charge in [0.15, 0.2) is 22.2 Å². The zero-order valence-corrected chi connectivity index (χ0v) is 13.9. The van der Waals surface area contributed by atoms with Crippen molar-refractivity contribution in [1.29, 1.82) is 0 Å². The molecule has 0 aliphatic rings. The van der Waals surface area contributed by atoms with E-state index in [4.69, 9.17) is 9.47 Å². The van der Waals surface area contributed by atoms with Crippen LogP contribution >= 0.6 is 11.3 Å². The van der Waals surface area contributed by atoms with E-state index in [0.717, 1.165) is 13.3 Å². The molecule has 0 aliphatic heterocycles. The largest absolute Gasteiger partial charge is 0.480 e. The number of halogens is 3. The van der Waals surface area contributed by atoms with Crippen molar-refractivity contribution in [3.63, 3.8) is 0 Å². The minimum absolute atomic E-state index is 0.135. The van der Waals surface area contributed by atoms with Gasteiger partial charge in [-0.2, -0.15) is 13.2 Å². The number of aromatic nitrogens is 3. The first-order valence-corrected chi connectivity index (χ1v) is 7.34. The second kappa shape index (κ2) is 7.01. The number of hydrogen-bond donors (Lipinski definition) is 1. The molecular formula is C13H11F3N4O4S. The fourth-order valence-electron chi connectivity index (χ4n) is 1.82. The Kier molecular flexibility index (Phi) is 5.21. The molecule has 0 aliphatic carbocycles. The molecule has 0 fully saturated rings. The summed E-state index contributed by atoms with van der Waals surface area (Å²) in [6, 6.07) is 0. The summed E-state index contributed by atoms with van der Waals surface area (Å²) in [4.78, 5) is 33.9. The number of ketones is 1. The molecule has 12 heteroatoms. The second-order valence-electron chi connectivity index (χ2n) is 4.47. The zero-order chi connectivity index (χ0) is 18.8. The van der Waals surface area contributed by atoms with E-state index >= 15 is 0 Å². The van der Waals surface area contributed by atoms with Crippen LogP contribution in [0.25, 0.3) is 0 Å². The highest BCUT2D eigenvalue weighted by atomic mass is 32.1. The molecule has 2 aromatic rings. The number of carbonyl (C=O) groups excluding carboxylic acids is 2. The predicted octanol–water partition coefficient (Wildman–Crippen LogP) is 2.42. The van der Waals surface area contributed by atoms with Crippen molar-refractivity contribution in [2.24, 2.45) is 0 Å². The number of hydrogen-bond acceptors (Lipinski definition) is 8. The van der Waals surface area contributed by atoms with Crippen molar-refractivity contribution in [3.05, 3.63) is 22.5 Å². The number of thiazole rings is 1. The summed E-state index contributed by atoms with van der Waals surface area (Å²) in [5.74, 6) is -1.98. The van der Waals surface area contributed by atoms with Gasteiger partial charge in [-0.25, -0.2) is 15.0 Å². The lowest BCUT2D eigenvalue weighted by molar-refractivity contribution is -0.141. The second-order valence-corrected chi connectivity index (χ2v) is 5.47. The summed E-state index contributed by atoms with van der Waals surface area (Å²) in [5.41, 5.74) is -1.58. The summed E-state index contributed by atoms with van der Waals surface area (Å²) in [6.45, 7) is 0.978. The molecule has 0 saturated heterocycles. The molecule has 2 rings (SSSR count). The number of anilines is 1. The van der Waals surface area contributed by atoms with Gasteiger partial charge in [0.05, 0.1) is 14.2 Å². The minimum atomic E-state index is -4.83. The van der Waals surface area contributed by atoms with E-state index < -0.39 is 33.6 Å². The van der Waals surface area contributed by atoms with E-state index in [1.54, 1.807) is 0 Å². The number of rotatable bonds is 5. The molecular weight excluding hydrogens is 365 g/mol. The summed E-state index contributed by atoms with van der Waals surface area (Å²) < 4.78 is 48.7. The van der Waals surface area contributed by atoms with Gasteiger partial charge in [0.25, 0.3) is 5.91 Å². The number of methoxy groups -OCH3 is 2. The van der Waals surface area contributed by atoms with Crippen LogP contribution in [0.3, 0.4) is 0 Å². The molecule has 8 nitrogen and oxygen atoms in total. The summed E-state index contributed by atoms with van der Waals surface area (Å²) >= 11 is 0.409. The molecule has 25 heavy (non-hydrogen) atoms. The SMILES string of the molecule is COc1ncnc(OC)c1C(=O)Nc1nc(C(F)(F)F)c(C(C)=O)s1. The van der Waals surface area contributed by atoms with Gasteiger partial charge in [0.1, 0.15) is 11.2 Å². The van der Waals surface area contributed by atoms with Crippen LogP contribution in [0.1, 0.15) is 32.6 Å². The van der Waals surface area contributed by atoms with Crippen molar-refractivity contribution in [3.8, 4) is 11.8 Å². The van der Waals surface area contributed by atoms with Gasteiger partial charge in [-0.05, 0) is 0 Å². The minimum Gasteiger partial charge on any atom is -0.480 e. The predicted molar refractivity (Wildman–Crippen MR) is 80.2 cm³/mol. The van der Waals surface area contributed by atoms with Gasteiger partial charge < -0.3 is 9.47 Å². The average Bonchev–Trinajstić information content (AvgIpc) is 2.98. The van der Waals surface area contributed by atoms with Crippen LogP contribution in [0.15, 0.2) is 6.33 Å². The van der Waals surface area contributed by atoms with E-state index in [0.29, 0.717) is 11.3 Å². The van der Waals surface area contributed by atoms with Gasteiger partial charge in [-0.15, -0.1) is 0 Å². The number of carbonyl (C=O) groups is 2. The number of alkyl halides is 3. The molecule has 134 valence electrons. The average molecular weight is 376 g/mol. The van der Waals surface area contributed by atoms with Crippen LogP contribution in [0.5, 0.6) is 11.8 Å². The van der Waals surface area contributed by atoms with E-state index in [1.165, 1.54) is 14.2 Å². The smallest absolute Gasteiger partial charge is 0.435 e. The molecule has 0 bridgehead atoms. The highest BCUT2D eigenvalue weighted by molar-refractivity contribution is 7.17. The Hall–Kier alpha value is -2.76. The highest BCUT2D eigenvalue weighted by Gasteiger charge is 2.39. The monoisotopic (exact) mass is 376 g/mol. The molecule has 0 atom stereocenters. The Morgan fingerprint density at radius 3 is 2.12 bits per heavy atom. The third-order valence-corrected chi connectivity index (χ3v) is 3.90. The highest BCUT2D eigenvalue weighted by Crippen LogP contribution is 2.36. The topological polar surface area (TPSA) is 103 Å². The van der Waals surface area contributed by atoms with Crippen molar-refractivity contribution < 1.29 is 32.2 Å². The Balaban J connectivity index is 2.41. The normalized spacial score (nSPS) is 11.1. The van der Waals surface area contributed by atoms with Crippen LogP contribution in [0.2, 0.25) is 0 Å². The van der Waals surface area contributed by atoms with Crippen LogP contribution in [-0.4, -0.2) is 40.9 Å². The lowest BCUT2D eigenvalue weighted by Crippen LogP contribution is -2.16. The molecule has 1 amide bonds. The van der Waals surface area contributed by atoms with E-state index in [-0.39, 0.29) is 17.3 Å². The first-order valence-electron chi connectivity index (χ1n) is 6.52. The van der Waals surface area contributed by atoms with Crippen molar-refractivity contribution in [2.45, 2.75) is 13.1 Å². The molecule has 1 N–H and O–H groups in total. The molecule has 0 unspecified atom stereocenters. The molecule has 0 saturated carbocycles. The first kappa shape index (κ1) is 18.6. The van der Waals surface area contributed by atoms with Crippen LogP contribution in [0, 0.1) is 0 Å². The molecule has 0 aromatic carbocycles. The van der Waals surface area contributed by atoms with Crippen molar-refractivity contribution in [1.82, 2.24) is 15.0 Å². The van der Waals surface area contributed by atoms with Crippen molar-refractivity contribution >= 4 is 28.2 Å². The number of nitrogens with one attached hydrogen (secondary N) is 1. The van der Waals surface area contributed by atoms with Gasteiger partial charge in [0, 0.05) is 6.92 Å². The van der Waals surface area contributed by atoms with Gasteiger partial charge in [-0.3, -0.25) is 14.9 Å². The molecule has 2 aromatic heterocycles. The van der Waals surface area contributed by atoms with Gasteiger partial charge in [-0.1, -0.05) is 11.3 Å². The van der Waals surface area contributed by atoms with Crippen LogP contribution in [0.4, 0.5) is 18.3 Å². The van der Waals surface area contributed by atoms with Crippen LogP contribution in [-0.2, 0) is 6.18 Å². The summed E-state index contributed by atoms with van der Waals surface area (Å²) in [5, 5.41) is 1.76. The number of Topliss-reactive ketones (excluding diaryl/α,β-unsaturated/α-hetero) is 1. The van der Waals surface area contributed by atoms with E-state index in [2.05, 4.69) is 20.3 Å². The summed E-state index contributed by atoms with van der Waals surface area (Å²) in [6.07, 6.45) is -3.74. The quantitative estimate of drug-likeness (QED) is 0.799. The fraction of sp³-hybridized carbons (Fsp3) is 0.308. The third-order valence-electron chi connectivity index (χ3n) is 2.83. The molecule has 0 radical (unpaired) electrons. The van der Waals surface area contributed by atoms with Crippen molar-refractivity contribution in [2.75, 3.05) is 19.5 Å². The van der Waals surface area contributed by atoms with E-state index in [9.17, 15) is 22.8 Å². The van der Waals surface area contributed by atoms with Gasteiger partial charge in [0.2, 0.25) is 11.8 Å². The lowest BCUT2D eigenvalue weighted by Gasteiger charge is -2.09. The number of ether oxygens (including phenoxy) is 2.